The van der Waals surface area contributed by atoms with Gasteiger partial charge in [0.25, 0.3) is 0 Å². The van der Waals surface area contributed by atoms with Gasteiger partial charge in [0, 0.05) is 17.3 Å². The summed E-state index contributed by atoms with van der Waals surface area (Å²) in [4.78, 5) is 12.4. The van der Waals surface area contributed by atoms with E-state index in [4.69, 9.17) is 0 Å². The summed E-state index contributed by atoms with van der Waals surface area (Å²) in [6, 6.07) is 0. The lowest BCUT2D eigenvalue weighted by molar-refractivity contribution is -0.134. The van der Waals surface area contributed by atoms with Crippen LogP contribution in [0.15, 0.2) is 11.6 Å². The normalized spacial score (nSPS) is 54.3. The second-order valence-corrected chi connectivity index (χ2v) is 8.97. The van der Waals surface area contributed by atoms with Crippen LogP contribution in [-0.2, 0) is 4.79 Å². The Balaban J connectivity index is 1.75. The number of rotatable bonds is 0. The van der Waals surface area contributed by atoms with Gasteiger partial charge in [0.15, 0.2) is 0 Å². The van der Waals surface area contributed by atoms with Crippen LogP contribution in [0.1, 0.15) is 65.7 Å². The summed E-state index contributed by atoms with van der Waals surface area (Å²) in [6.07, 6.45) is 9.52. The van der Waals surface area contributed by atoms with E-state index < -0.39 is 0 Å². The number of allylic oxidation sites excluding steroid dienone is 1. The highest BCUT2D eigenvalue weighted by atomic mass is 16.3. The SMILES string of the molecule is C[C@@H]1CCC(O)[C@@]2(C)C1=CC[C@H]1[C@@H]3CCC(=O)[C@@]3(C)CC[C@@H]12. The molecule has 0 spiro atoms. The Morgan fingerprint density at radius 3 is 2.68 bits per heavy atom. The number of hydrogen-bond acceptors (Lipinski definition) is 2. The molecule has 0 radical (unpaired) electrons. The summed E-state index contributed by atoms with van der Waals surface area (Å²) in [5.74, 6) is 2.87. The van der Waals surface area contributed by atoms with Crippen molar-refractivity contribution >= 4 is 5.78 Å². The van der Waals surface area contributed by atoms with Crippen LogP contribution in [0.2, 0.25) is 0 Å². The summed E-state index contributed by atoms with van der Waals surface area (Å²) in [5, 5.41) is 10.9. The average molecular weight is 302 g/mol. The molecule has 2 heteroatoms. The van der Waals surface area contributed by atoms with E-state index in [-0.39, 0.29) is 16.9 Å². The third-order valence-electron chi connectivity index (χ3n) is 8.24. The van der Waals surface area contributed by atoms with Gasteiger partial charge in [0.05, 0.1) is 6.10 Å². The fourth-order valence-electron chi connectivity index (χ4n) is 6.86. The lowest BCUT2D eigenvalue weighted by Gasteiger charge is -2.58. The Morgan fingerprint density at radius 1 is 1.14 bits per heavy atom. The molecule has 0 aliphatic heterocycles. The maximum atomic E-state index is 12.4. The van der Waals surface area contributed by atoms with Crippen molar-refractivity contribution in [2.24, 2.45) is 34.5 Å². The van der Waals surface area contributed by atoms with Crippen LogP contribution in [-0.4, -0.2) is 17.0 Å². The van der Waals surface area contributed by atoms with E-state index in [1.807, 2.05) is 0 Å². The number of aliphatic hydroxyl groups is 1. The van der Waals surface area contributed by atoms with Crippen LogP contribution in [0.25, 0.3) is 0 Å². The number of carbonyl (C=O) groups excluding carboxylic acids is 1. The Morgan fingerprint density at radius 2 is 1.91 bits per heavy atom. The Bertz CT molecular complexity index is 536. The zero-order valence-electron chi connectivity index (χ0n) is 14.3. The van der Waals surface area contributed by atoms with Crippen molar-refractivity contribution in [3.63, 3.8) is 0 Å². The fourth-order valence-corrected chi connectivity index (χ4v) is 6.86. The molecule has 0 saturated heterocycles. The van der Waals surface area contributed by atoms with E-state index in [1.165, 1.54) is 5.57 Å². The molecule has 4 aliphatic carbocycles. The first-order chi connectivity index (χ1) is 10.4. The van der Waals surface area contributed by atoms with Crippen molar-refractivity contribution in [2.45, 2.75) is 71.8 Å². The minimum atomic E-state index is -0.191. The van der Waals surface area contributed by atoms with Crippen molar-refractivity contribution in [1.82, 2.24) is 0 Å². The summed E-state index contributed by atoms with van der Waals surface area (Å²) in [7, 11) is 0. The van der Waals surface area contributed by atoms with E-state index in [0.717, 1.165) is 44.9 Å². The second-order valence-electron chi connectivity index (χ2n) is 8.97. The summed E-state index contributed by atoms with van der Waals surface area (Å²) in [5.41, 5.74) is 1.43. The van der Waals surface area contributed by atoms with Crippen LogP contribution < -0.4 is 0 Å². The monoisotopic (exact) mass is 302 g/mol. The first-order valence-electron chi connectivity index (χ1n) is 9.31. The minimum absolute atomic E-state index is 0.0342. The third-order valence-corrected chi connectivity index (χ3v) is 8.24. The van der Waals surface area contributed by atoms with Gasteiger partial charge in [-0.3, -0.25) is 4.79 Å². The molecule has 0 aromatic rings. The zero-order valence-corrected chi connectivity index (χ0v) is 14.3. The van der Waals surface area contributed by atoms with Gasteiger partial charge in [-0.05, 0) is 62.2 Å². The molecular weight excluding hydrogens is 272 g/mol. The quantitative estimate of drug-likeness (QED) is 0.683. The molecule has 0 heterocycles. The van der Waals surface area contributed by atoms with Crippen LogP contribution in [0.4, 0.5) is 0 Å². The van der Waals surface area contributed by atoms with Crippen molar-refractivity contribution in [3.8, 4) is 0 Å². The highest BCUT2D eigenvalue weighted by Gasteiger charge is 2.60. The number of Topliss-reactive ketones (excluding diaryl/α,β-unsaturated/α-hetero) is 1. The first kappa shape index (κ1) is 14.9. The van der Waals surface area contributed by atoms with Gasteiger partial charge in [-0.2, -0.15) is 0 Å². The van der Waals surface area contributed by atoms with Gasteiger partial charge in [-0.1, -0.05) is 32.4 Å². The zero-order chi connectivity index (χ0) is 15.7. The molecule has 0 bridgehead atoms. The Hall–Kier alpha value is -0.630. The molecule has 7 atom stereocenters. The topological polar surface area (TPSA) is 37.3 Å². The number of fused-ring (bicyclic) bond motifs is 5. The van der Waals surface area contributed by atoms with Crippen molar-refractivity contribution < 1.29 is 9.90 Å². The minimum Gasteiger partial charge on any atom is -0.392 e. The smallest absolute Gasteiger partial charge is 0.139 e. The van der Waals surface area contributed by atoms with Gasteiger partial charge in [-0.25, -0.2) is 0 Å². The van der Waals surface area contributed by atoms with Crippen LogP contribution in [0.5, 0.6) is 0 Å². The molecule has 2 nitrogen and oxygen atoms in total. The third kappa shape index (κ3) is 1.68. The van der Waals surface area contributed by atoms with Crippen molar-refractivity contribution in [1.29, 1.82) is 0 Å². The Kier molecular flexibility index (Phi) is 3.18. The average Bonchev–Trinajstić information content (AvgIpc) is 2.79. The standard InChI is InChI=1S/C20H30O2/c1-12-4-8-18(22)20(3)14(12)6-5-13-15-7-9-17(21)19(15,2)11-10-16(13)20/h6,12-13,15-16,18,22H,4-5,7-11H2,1-3H3/t12-,13+,15+,16+,18?,19+,20+/m1/s1. The lowest BCUT2D eigenvalue weighted by Crippen LogP contribution is -2.55. The van der Waals surface area contributed by atoms with Gasteiger partial charge in [-0.15, -0.1) is 0 Å². The summed E-state index contributed by atoms with van der Waals surface area (Å²) < 4.78 is 0. The van der Waals surface area contributed by atoms with Gasteiger partial charge >= 0.3 is 0 Å². The first-order valence-corrected chi connectivity index (χ1v) is 9.31. The number of carbonyl (C=O) groups is 1. The molecule has 4 aliphatic rings. The van der Waals surface area contributed by atoms with E-state index >= 15 is 0 Å². The molecule has 1 N–H and O–H groups in total. The van der Waals surface area contributed by atoms with Gasteiger partial charge in [0.1, 0.15) is 5.78 Å². The van der Waals surface area contributed by atoms with Crippen LogP contribution >= 0.6 is 0 Å². The molecule has 0 amide bonds. The van der Waals surface area contributed by atoms with Crippen molar-refractivity contribution in [3.05, 3.63) is 11.6 Å². The van der Waals surface area contributed by atoms with Crippen LogP contribution in [0.3, 0.4) is 0 Å². The van der Waals surface area contributed by atoms with Gasteiger partial charge in [0.2, 0.25) is 0 Å². The molecule has 0 aromatic heterocycles. The molecule has 1 unspecified atom stereocenters. The second kappa shape index (κ2) is 4.69. The highest BCUT2D eigenvalue weighted by Crippen LogP contribution is 2.64. The van der Waals surface area contributed by atoms with Crippen molar-refractivity contribution in [2.75, 3.05) is 0 Å². The predicted molar refractivity (Wildman–Crippen MR) is 87.3 cm³/mol. The maximum absolute atomic E-state index is 12.4. The predicted octanol–water partition coefficient (Wildman–Crippen LogP) is 4.13. The van der Waals surface area contributed by atoms with E-state index in [1.54, 1.807) is 0 Å². The Labute approximate surface area is 134 Å². The largest absolute Gasteiger partial charge is 0.392 e. The number of aliphatic hydroxyl groups excluding tert-OH is 1. The molecule has 0 aromatic carbocycles. The van der Waals surface area contributed by atoms with E-state index in [0.29, 0.717) is 29.5 Å². The lowest BCUT2D eigenvalue weighted by atomic mass is 9.46. The molecule has 122 valence electrons. The highest BCUT2D eigenvalue weighted by molar-refractivity contribution is 5.87. The summed E-state index contributed by atoms with van der Waals surface area (Å²) in [6.45, 7) is 6.89. The molecule has 22 heavy (non-hydrogen) atoms. The van der Waals surface area contributed by atoms with Crippen LogP contribution in [0, 0.1) is 34.5 Å². The molecule has 3 saturated carbocycles. The molecule has 3 fully saturated rings. The summed E-state index contributed by atoms with van der Waals surface area (Å²) >= 11 is 0. The molecule has 4 rings (SSSR count). The van der Waals surface area contributed by atoms with Gasteiger partial charge < -0.3 is 5.11 Å². The molecular formula is C20H30O2. The maximum Gasteiger partial charge on any atom is 0.139 e. The van der Waals surface area contributed by atoms with E-state index in [9.17, 15) is 9.90 Å². The number of ketones is 1. The fraction of sp³-hybridized carbons (Fsp3) is 0.850. The van der Waals surface area contributed by atoms with E-state index in [2.05, 4.69) is 26.8 Å². The number of hydrogen-bond donors (Lipinski definition) is 1.